The molecule has 0 aliphatic carbocycles. The number of hydrogen-bond donors (Lipinski definition) is 4. The molecular weight excluding hydrogens is 336 g/mol. The molecule has 8 nitrogen and oxygen atoms in total. The minimum Gasteiger partial charge on any atom is -0.493 e. The first-order valence-corrected chi connectivity index (χ1v) is 8.70. The topological polar surface area (TPSA) is 107 Å². The van der Waals surface area contributed by atoms with E-state index in [4.69, 9.17) is 19.9 Å². The van der Waals surface area contributed by atoms with E-state index in [1.54, 1.807) is 14.0 Å². The van der Waals surface area contributed by atoms with E-state index in [9.17, 15) is 4.79 Å². The van der Waals surface area contributed by atoms with Crippen molar-refractivity contribution in [3.8, 4) is 11.5 Å². The van der Waals surface area contributed by atoms with Gasteiger partial charge in [0.25, 0.3) is 0 Å². The smallest absolute Gasteiger partial charge is 0.337 e. The molecule has 0 radical (unpaired) electrons. The summed E-state index contributed by atoms with van der Waals surface area (Å²) >= 11 is 0. The molecule has 0 saturated heterocycles. The highest BCUT2D eigenvalue weighted by atomic mass is 16.5. The van der Waals surface area contributed by atoms with Gasteiger partial charge in [0.2, 0.25) is 0 Å². The molecule has 2 unspecified atom stereocenters. The predicted molar refractivity (Wildman–Crippen MR) is 98.5 cm³/mol. The van der Waals surface area contributed by atoms with Crippen LogP contribution >= 0.6 is 0 Å². The Bertz CT molecular complexity index is 663. The number of esters is 1. The Labute approximate surface area is 154 Å². The fourth-order valence-electron chi connectivity index (χ4n) is 2.91. The minimum absolute atomic E-state index is 0.277. The molecule has 8 heteroatoms. The number of benzene rings is 1. The van der Waals surface area contributed by atoms with Gasteiger partial charge >= 0.3 is 5.97 Å². The Morgan fingerprint density at radius 1 is 1.27 bits per heavy atom. The first kappa shape index (κ1) is 20.0. The maximum Gasteiger partial charge on any atom is 0.337 e. The average Bonchev–Trinajstić information content (AvgIpc) is 2.62. The molecule has 0 bridgehead atoms. The van der Waals surface area contributed by atoms with Crippen molar-refractivity contribution in [2.75, 3.05) is 27.0 Å². The summed E-state index contributed by atoms with van der Waals surface area (Å²) in [4.78, 5) is 12.5. The molecule has 0 spiro atoms. The lowest BCUT2D eigenvalue weighted by Crippen LogP contribution is -2.58. The van der Waals surface area contributed by atoms with E-state index >= 15 is 0 Å². The van der Waals surface area contributed by atoms with Gasteiger partial charge in [-0.1, -0.05) is 6.07 Å². The molecule has 1 heterocycles. The van der Waals surface area contributed by atoms with Crippen LogP contribution in [-0.2, 0) is 9.53 Å². The summed E-state index contributed by atoms with van der Waals surface area (Å²) < 4.78 is 16.3. The summed E-state index contributed by atoms with van der Waals surface area (Å²) in [5.74, 6) is 0.895. The van der Waals surface area contributed by atoms with Crippen molar-refractivity contribution < 1.29 is 19.0 Å². The van der Waals surface area contributed by atoms with Gasteiger partial charge in [-0.2, -0.15) is 0 Å². The third kappa shape index (κ3) is 4.46. The van der Waals surface area contributed by atoms with Crippen LogP contribution in [0.5, 0.6) is 11.5 Å². The molecule has 1 aliphatic rings. The average molecular weight is 364 g/mol. The molecule has 0 fully saturated rings. The molecule has 144 valence electrons. The number of carbonyl (C=O) groups excluding carboxylic acids is 1. The zero-order chi connectivity index (χ0) is 19.1. The predicted octanol–water partition coefficient (Wildman–Crippen LogP) is 0.954. The maximum atomic E-state index is 12.5. The van der Waals surface area contributed by atoms with E-state index in [1.165, 1.54) is 0 Å². The summed E-state index contributed by atoms with van der Waals surface area (Å²) in [6, 6.07) is 5.21. The largest absolute Gasteiger partial charge is 0.493 e. The van der Waals surface area contributed by atoms with E-state index in [0.29, 0.717) is 30.3 Å². The molecule has 26 heavy (non-hydrogen) atoms. The third-order valence-electron chi connectivity index (χ3n) is 4.03. The Hall–Kier alpha value is -2.29. The zero-order valence-electron chi connectivity index (χ0n) is 15.7. The van der Waals surface area contributed by atoms with Gasteiger partial charge in [0, 0.05) is 12.4 Å². The van der Waals surface area contributed by atoms with Crippen LogP contribution in [0.4, 0.5) is 0 Å². The lowest BCUT2D eigenvalue weighted by Gasteiger charge is -2.35. The van der Waals surface area contributed by atoms with E-state index < -0.39 is 0 Å². The van der Waals surface area contributed by atoms with Crippen molar-refractivity contribution >= 4 is 5.97 Å². The highest BCUT2D eigenvalue weighted by Crippen LogP contribution is 2.34. The van der Waals surface area contributed by atoms with Crippen LogP contribution in [0.1, 0.15) is 32.4 Å². The number of hydrogen-bond acceptors (Lipinski definition) is 8. The SMILES string of the molecule is CCOC(=O)C1=C(C)NC(NCN)NC1c1ccc(OC)c(OCC)c1. The number of nitrogens with two attached hydrogens (primary N) is 1. The van der Waals surface area contributed by atoms with Gasteiger partial charge in [0.1, 0.15) is 6.29 Å². The highest BCUT2D eigenvalue weighted by molar-refractivity contribution is 5.91. The van der Waals surface area contributed by atoms with Crippen LogP contribution in [-0.4, -0.2) is 39.3 Å². The maximum absolute atomic E-state index is 12.5. The van der Waals surface area contributed by atoms with E-state index in [2.05, 4.69) is 16.0 Å². The Kier molecular flexibility index (Phi) is 7.26. The standard InChI is InChI=1S/C18H28N4O4/c1-5-25-14-9-12(7-8-13(14)24-4)16-15(17(23)26-6-2)11(3)21-18(22-16)20-10-19/h7-9,16,18,20-22H,5-6,10,19H2,1-4H3. The third-order valence-corrected chi connectivity index (χ3v) is 4.03. The molecular formula is C18H28N4O4. The van der Waals surface area contributed by atoms with Crippen LogP contribution in [0.25, 0.3) is 0 Å². The van der Waals surface area contributed by atoms with Gasteiger partial charge in [-0.3, -0.25) is 10.6 Å². The number of allylic oxidation sites excluding steroid dienone is 1. The van der Waals surface area contributed by atoms with Gasteiger partial charge in [-0.25, -0.2) is 4.79 Å². The Morgan fingerprint density at radius 3 is 2.65 bits per heavy atom. The number of ether oxygens (including phenoxy) is 3. The quantitative estimate of drug-likeness (QED) is 0.399. The van der Waals surface area contributed by atoms with Gasteiger partial charge in [-0.15, -0.1) is 0 Å². The van der Waals surface area contributed by atoms with E-state index in [0.717, 1.165) is 11.3 Å². The second-order valence-corrected chi connectivity index (χ2v) is 5.69. The van der Waals surface area contributed by atoms with Crippen LogP contribution < -0.4 is 31.2 Å². The molecule has 2 rings (SSSR count). The van der Waals surface area contributed by atoms with E-state index in [-0.39, 0.29) is 25.0 Å². The molecule has 5 N–H and O–H groups in total. The number of methoxy groups -OCH3 is 1. The Morgan fingerprint density at radius 2 is 2.04 bits per heavy atom. The summed E-state index contributed by atoms with van der Waals surface area (Å²) in [5, 5.41) is 9.61. The molecule has 1 aromatic carbocycles. The minimum atomic E-state index is -0.385. The van der Waals surface area contributed by atoms with Crippen molar-refractivity contribution in [3.05, 3.63) is 35.0 Å². The van der Waals surface area contributed by atoms with E-state index in [1.807, 2.05) is 32.0 Å². The molecule has 1 aromatic rings. The van der Waals surface area contributed by atoms with Gasteiger partial charge < -0.3 is 25.3 Å². The number of rotatable bonds is 8. The normalized spacial score (nSPS) is 19.7. The van der Waals surface area contributed by atoms with Crippen LogP contribution in [0.2, 0.25) is 0 Å². The van der Waals surface area contributed by atoms with Gasteiger partial charge in [0.15, 0.2) is 11.5 Å². The fraction of sp³-hybridized carbons (Fsp3) is 0.500. The molecule has 0 aromatic heterocycles. The molecule has 1 aliphatic heterocycles. The van der Waals surface area contributed by atoms with Gasteiger partial charge in [-0.05, 0) is 38.5 Å². The zero-order valence-corrected chi connectivity index (χ0v) is 15.7. The van der Waals surface area contributed by atoms with Crippen molar-refractivity contribution in [3.63, 3.8) is 0 Å². The summed E-state index contributed by atoms with van der Waals surface area (Å²) in [6.07, 6.45) is -0.277. The summed E-state index contributed by atoms with van der Waals surface area (Å²) in [6.45, 7) is 6.64. The van der Waals surface area contributed by atoms with Crippen molar-refractivity contribution in [2.45, 2.75) is 33.1 Å². The monoisotopic (exact) mass is 364 g/mol. The lowest BCUT2D eigenvalue weighted by molar-refractivity contribution is -0.139. The molecule has 2 atom stereocenters. The van der Waals surface area contributed by atoms with Crippen molar-refractivity contribution in [2.24, 2.45) is 5.73 Å². The van der Waals surface area contributed by atoms with Crippen LogP contribution in [0, 0.1) is 0 Å². The fourth-order valence-corrected chi connectivity index (χ4v) is 2.91. The summed E-state index contributed by atoms with van der Waals surface area (Å²) in [5.41, 5.74) is 7.71. The van der Waals surface area contributed by atoms with Crippen molar-refractivity contribution in [1.29, 1.82) is 0 Å². The lowest BCUT2D eigenvalue weighted by atomic mass is 9.95. The van der Waals surface area contributed by atoms with Crippen LogP contribution in [0.3, 0.4) is 0 Å². The molecule has 0 saturated carbocycles. The second-order valence-electron chi connectivity index (χ2n) is 5.69. The first-order chi connectivity index (χ1) is 12.5. The summed E-state index contributed by atoms with van der Waals surface area (Å²) in [7, 11) is 1.59. The second kappa shape index (κ2) is 9.42. The number of nitrogens with one attached hydrogen (secondary N) is 3. The van der Waals surface area contributed by atoms with Gasteiger partial charge in [0.05, 0.1) is 31.9 Å². The van der Waals surface area contributed by atoms with Crippen molar-refractivity contribution in [1.82, 2.24) is 16.0 Å². The first-order valence-electron chi connectivity index (χ1n) is 8.70. The molecule has 0 amide bonds. The highest BCUT2D eigenvalue weighted by Gasteiger charge is 2.33. The van der Waals surface area contributed by atoms with Crippen LogP contribution in [0.15, 0.2) is 29.5 Å². The Balaban J connectivity index is 2.45. The number of carbonyl (C=O) groups is 1.